The summed E-state index contributed by atoms with van der Waals surface area (Å²) in [6, 6.07) is 19.3. The van der Waals surface area contributed by atoms with Gasteiger partial charge in [-0.2, -0.15) is 5.10 Å². The molecule has 0 saturated heterocycles. The van der Waals surface area contributed by atoms with Crippen LogP contribution in [0.15, 0.2) is 67.0 Å². The van der Waals surface area contributed by atoms with Gasteiger partial charge in [0.1, 0.15) is 0 Å². The van der Waals surface area contributed by atoms with Gasteiger partial charge in [-0.15, -0.1) is 0 Å². The molecule has 2 aromatic heterocycles. The Morgan fingerprint density at radius 2 is 1.56 bits per heavy atom. The Balaban J connectivity index is 1.70. The van der Waals surface area contributed by atoms with E-state index in [-0.39, 0.29) is 10.8 Å². The SMILES string of the molecule is CN(C)c1c(-c2[nH]ncc2C(C)(C)CCC(C)(C)c2ccccc2)ccc2cccnc12. The number of hydrogen-bond donors (Lipinski definition) is 1. The lowest BCUT2D eigenvalue weighted by Crippen LogP contribution is -2.24. The van der Waals surface area contributed by atoms with Crippen LogP contribution in [0.2, 0.25) is 0 Å². The summed E-state index contributed by atoms with van der Waals surface area (Å²) in [4.78, 5) is 6.84. The van der Waals surface area contributed by atoms with Crippen LogP contribution in [-0.2, 0) is 10.8 Å². The second kappa shape index (κ2) is 8.42. The number of pyridine rings is 1. The molecule has 0 aliphatic rings. The second-order valence-corrected chi connectivity index (χ2v) is 10.2. The summed E-state index contributed by atoms with van der Waals surface area (Å²) in [7, 11) is 4.16. The number of aromatic nitrogens is 3. The van der Waals surface area contributed by atoms with Crippen molar-refractivity contribution in [1.29, 1.82) is 0 Å². The lowest BCUT2D eigenvalue weighted by Gasteiger charge is -2.32. The van der Waals surface area contributed by atoms with E-state index in [1.165, 1.54) is 11.1 Å². The van der Waals surface area contributed by atoms with Crippen molar-refractivity contribution in [3.05, 3.63) is 78.1 Å². The zero-order valence-electron chi connectivity index (χ0n) is 20.1. The Bertz CT molecular complexity index is 1200. The number of H-pyrrole nitrogens is 1. The van der Waals surface area contributed by atoms with Gasteiger partial charge in [-0.05, 0) is 41.4 Å². The molecule has 0 amide bonds. The average molecular weight is 427 g/mol. The lowest BCUT2D eigenvalue weighted by atomic mass is 9.72. The number of nitrogens with one attached hydrogen (secondary N) is 1. The topological polar surface area (TPSA) is 44.8 Å². The summed E-state index contributed by atoms with van der Waals surface area (Å²) in [5, 5.41) is 8.94. The number of hydrogen-bond acceptors (Lipinski definition) is 3. The van der Waals surface area contributed by atoms with Crippen LogP contribution in [-0.4, -0.2) is 29.3 Å². The van der Waals surface area contributed by atoms with Crippen molar-refractivity contribution < 1.29 is 0 Å². The minimum atomic E-state index is -0.0307. The van der Waals surface area contributed by atoms with E-state index in [1.54, 1.807) is 0 Å². The summed E-state index contributed by atoms with van der Waals surface area (Å²) in [5.74, 6) is 0. The molecule has 0 aliphatic heterocycles. The molecule has 0 spiro atoms. The number of nitrogens with zero attached hydrogens (tertiary/aromatic N) is 3. The van der Waals surface area contributed by atoms with Crippen molar-refractivity contribution in [2.24, 2.45) is 0 Å². The predicted molar refractivity (Wildman–Crippen MR) is 135 cm³/mol. The predicted octanol–water partition coefficient (Wildman–Crippen LogP) is 6.73. The van der Waals surface area contributed by atoms with Gasteiger partial charge >= 0.3 is 0 Å². The molecule has 0 atom stereocenters. The van der Waals surface area contributed by atoms with Crippen LogP contribution >= 0.6 is 0 Å². The van der Waals surface area contributed by atoms with Crippen LogP contribution in [0.5, 0.6) is 0 Å². The summed E-state index contributed by atoms with van der Waals surface area (Å²) >= 11 is 0. The highest BCUT2D eigenvalue weighted by Gasteiger charge is 2.31. The summed E-state index contributed by atoms with van der Waals surface area (Å²) in [6.07, 6.45) is 6.02. The van der Waals surface area contributed by atoms with Crippen LogP contribution in [0, 0.1) is 0 Å². The normalized spacial score (nSPS) is 12.3. The van der Waals surface area contributed by atoms with Gasteiger partial charge in [-0.25, -0.2) is 0 Å². The molecule has 2 heterocycles. The molecule has 0 radical (unpaired) electrons. The molecule has 4 rings (SSSR count). The monoisotopic (exact) mass is 426 g/mol. The largest absolute Gasteiger partial charge is 0.375 e. The van der Waals surface area contributed by atoms with Gasteiger partial charge in [-0.3, -0.25) is 10.1 Å². The van der Waals surface area contributed by atoms with Crippen molar-refractivity contribution in [3.8, 4) is 11.3 Å². The molecule has 4 nitrogen and oxygen atoms in total. The van der Waals surface area contributed by atoms with Gasteiger partial charge in [0.2, 0.25) is 0 Å². The molecule has 0 bridgehead atoms. The van der Waals surface area contributed by atoms with Gasteiger partial charge in [0, 0.05) is 36.8 Å². The summed E-state index contributed by atoms with van der Waals surface area (Å²) in [6.45, 7) is 9.34. The van der Waals surface area contributed by atoms with Crippen LogP contribution < -0.4 is 4.90 Å². The van der Waals surface area contributed by atoms with Crippen molar-refractivity contribution in [3.63, 3.8) is 0 Å². The van der Waals surface area contributed by atoms with Crippen molar-refractivity contribution in [2.75, 3.05) is 19.0 Å². The molecular formula is C28H34N4. The van der Waals surface area contributed by atoms with Gasteiger partial charge in [0.25, 0.3) is 0 Å². The van der Waals surface area contributed by atoms with E-state index in [4.69, 9.17) is 4.98 Å². The van der Waals surface area contributed by atoms with Crippen LogP contribution in [0.4, 0.5) is 5.69 Å². The Morgan fingerprint density at radius 1 is 0.844 bits per heavy atom. The first-order chi connectivity index (χ1) is 15.2. The Labute approximate surface area is 191 Å². The molecular weight excluding hydrogens is 392 g/mol. The van der Waals surface area contributed by atoms with Gasteiger partial charge in [0.15, 0.2) is 0 Å². The maximum absolute atomic E-state index is 4.69. The third-order valence-corrected chi connectivity index (χ3v) is 6.76. The van der Waals surface area contributed by atoms with Crippen LogP contribution in [0.1, 0.15) is 51.7 Å². The van der Waals surface area contributed by atoms with E-state index in [9.17, 15) is 0 Å². The third kappa shape index (κ3) is 4.14. The zero-order chi connectivity index (χ0) is 22.9. The highest BCUT2D eigenvalue weighted by atomic mass is 15.1. The standard InChI is InChI=1S/C28H34N4/c1-27(2,21-12-8-7-9-13-21)16-17-28(3,4)23-19-30-31-25(23)22-15-14-20-11-10-18-29-24(20)26(22)32(5)6/h7-15,18-19H,16-17H2,1-6H3,(H,30,31). The van der Waals surface area contributed by atoms with Gasteiger partial charge < -0.3 is 4.90 Å². The fraction of sp³-hybridized carbons (Fsp3) is 0.357. The van der Waals surface area contributed by atoms with Crippen molar-refractivity contribution in [2.45, 2.75) is 51.4 Å². The van der Waals surface area contributed by atoms with Gasteiger partial charge in [0.05, 0.1) is 23.1 Å². The van der Waals surface area contributed by atoms with E-state index in [0.29, 0.717) is 0 Å². The molecule has 32 heavy (non-hydrogen) atoms. The van der Waals surface area contributed by atoms with Crippen LogP contribution in [0.3, 0.4) is 0 Å². The first-order valence-corrected chi connectivity index (χ1v) is 11.4. The van der Waals surface area contributed by atoms with E-state index in [2.05, 4.69) is 105 Å². The minimum Gasteiger partial charge on any atom is -0.375 e. The second-order valence-electron chi connectivity index (χ2n) is 10.2. The maximum Gasteiger partial charge on any atom is 0.0942 e. The highest BCUT2D eigenvalue weighted by molar-refractivity contribution is 5.99. The molecule has 0 saturated carbocycles. The zero-order valence-corrected chi connectivity index (χ0v) is 20.1. The quantitative estimate of drug-likeness (QED) is 0.356. The fourth-order valence-electron chi connectivity index (χ4n) is 4.58. The first-order valence-electron chi connectivity index (χ1n) is 11.4. The number of benzene rings is 2. The number of anilines is 1. The number of fused-ring (bicyclic) bond motifs is 1. The highest BCUT2D eigenvalue weighted by Crippen LogP contribution is 2.42. The van der Waals surface area contributed by atoms with E-state index in [1.807, 2.05) is 18.5 Å². The van der Waals surface area contributed by atoms with E-state index in [0.717, 1.165) is 40.7 Å². The molecule has 2 aromatic carbocycles. The average Bonchev–Trinajstić information content (AvgIpc) is 3.28. The summed E-state index contributed by atoms with van der Waals surface area (Å²) in [5.41, 5.74) is 7.08. The maximum atomic E-state index is 4.69. The van der Waals surface area contributed by atoms with Crippen LogP contribution in [0.25, 0.3) is 22.2 Å². The molecule has 4 aromatic rings. The minimum absolute atomic E-state index is 0.0307. The third-order valence-electron chi connectivity index (χ3n) is 6.76. The Morgan fingerprint density at radius 3 is 2.28 bits per heavy atom. The van der Waals surface area contributed by atoms with Crippen molar-refractivity contribution in [1.82, 2.24) is 15.2 Å². The Hall–Kier alpha value is -3.14. The first kappa shape index (κ1) is 22.1. The molecule has 0 fully saturated rings. The molecule has 166 valence electrons. The molecule has 1 N–H and O–H groups in total. The number of aromatic amines is 1. The summed E-state index contributed by atoms with van der Waals surface area (Å²) < 4.78 is 0. The smallest absolute Gasteiger partial charge is 0.0942 e. The molecule has 0 unspecified atom stereocenters. The number of rotatable bonds is 7. The molecule has 0 aliphatic carbocycles. The fourth-order valence-corrected chi connectivity index (χ4v) is 4.58. The van der Waals surface area contributed by atoms with Gasteiger partial charge in [-0.1, -0.05) is 70.2 Å². The van der Waals surface area contributed by atoms with Crippen molar-refractivity contribution >= 4 is 16.6 Å². The molecule has 4 heteroatoms. The van der Waals surface area contributed by atoms with E-state index < -0.39 is 0 Å². The lowest BCUT2D eigenvalue weighted by molar-refractivity contribution is 0.375. The Kier molecular flexibility index (Phi) is 5.81. The van der Waals surface area contributed by atoms with E-state index >= 15 is 0 Å².